The lowest BCUT2D eigenvalue weighted by molar-refractivity contribution is 0.0854. The summed E-state index contributed by atoms with van der Waals surface area (Å²) in [5, 5.41) is 1.63. The van der Waals surface area contributed by atoms with Crippen LogP contribution in [0.2, 0.25) is 5.02 Å². The number of rotatable bonds is 2. The Labute approximate surface area is 161 Å². The van der Waals surface area contributed by atoms with Crippen molar-refractivity contribution in [3.8, 4) is 11.5 Å². The molecule has 0 N–H and O–H groups in total. The normalized spacial score (nSPS) is 20.5. The number of thioether (sulfide) groups is 1. The first kappa shape index (κ1) is 17.2. The Morgan fingerprint density at radius 3 is 2.65 bits per heavy atom. The van der Waals surface area contributed by atoms with Crippen LogP contribution in [0.25, 0.3) is 0 Å². The van der Waals surface area contributed by atoms with Crippen molar-refractivity contribution in [3.05, 3.63) is 53.1 Å². The maximum atomic E-state index is 13.0. The van der Waals surface area contributed by atoms with Gasteiger partial charge in [0, 0.05) is 22.4 Å². The number of carbonyl (C=O) groups is 1. The lowest BCUT2D eigenvalue weighted by Crippen LogP contribution is -2.32. The Hall–Kier alpha value is -2.18. The maximum absolute atomic E-state index is 13.0. The first-order valence-corrected chi connectivity index (χ1v) is 9.58. The van der Waals surface area contributed by atoms with Gasteiger partial charge in [0.1, 0.15) is 13.2 Å². The maximum Gasteiger partial charge on any atom is 0.260 e. The highest BCUT2D eigenvalue weighted by Crippen LogP contribution is 2.33. The van der Waals surface area contributed by atoms with Crippen molar-refractivity contribution in [2.24, 2.45) is 4.99 Å². The van der Waals surface area contributed by atoms with Gasteiger partial charge in [-0.05, 0) is 42.5 Å². The highest BCUT2D eigenvalue weighted by Gasteiger charge is 2.32. The molecule has 0 saturated carbocycles. The molecule has 0 spiro atoms. The van der Waals surface area contributed by atoms with E-state index in [0.29, 0.717) is 47.0 Å². The smallest absolute Gasteiger partial charge is 0.260 e. The number of amidine groups is 1. The molecule has 0 aliphatic carbocycles. The zero-order valence-electron chi connectivity index (χ0n) is 14.1. The summed E-state index contributed by atoms with van der Waals surface area (Å²) in [6.07, 6.45) is 0. The summed E-state index contributed by atoms with van der Waals surface area (Å²) in [6.45, 7) is 3.71. The van der Waals surface area contributed by atoms with Gasteiger partial charge in [-0.1, -0.05) is 30.3 Å². The van der Waals surface area contributed by atoms with E-state index in [0.717, 1.165) is 5.69 Å². The number of amides is 1. The van der Waals surface area contributed by atoms with E-state index in [1.165, 1.54) is 0 Å². The number of nitrogens with zero attached hydrogens (tertiary/aromatic N) is 2. The van der Waals surface area contributed by atoms with Gasteiger partial charge in [-0.3, -0.25) is 9.69 Å². The van der Waals surface area contributed by atoms with Crippen molar-refractivity contribution in [2.45, 2.75) is 12.2 Å². The van der Waals surface area contributed by atoms with Gasteiger partial charge in [0.25, 0.3) is 5.91 Å². The summed E-state index contributed by atoms with van der Waals surface area (Å²) in [7, 11) is 0. The third-order valence-corrected chi connectivity index (χ3v) is 5.39. The topological polar surface area (TPSA) is 51.1 Å². The molecule has 134 valence electrons. The molecule has 1 saturated heterocycles. The number of benzene rings is 2. The highest BCUT2D eigenvalue weighted by atomic mass is 35.5. The standard InChI is InChI=1S/C19H17ClN2O3S/c1-12-11-22(19(26-12)21-15-5-3-14(20)4-6-15)18(23)13-2-7-16-17(10-13)25-9-8-24-16/h2-7,10,12H,8-9,11H2,1H3/t12-/m0/s1. The van der Waals surface area contributed by atoms with Crippen LogP contribution in [0.4, 0.5) is 5.69 Å². The Balaban J connectivity index is 1.62. The molecule has 2 aliphatic rings. The minimum atomic E-state index is -0.0912. The van der Waals surface area contributed by atoms with Crippen LogP contribution in [-0.4, -0.2) is 41.0 Å². The van der Waals surface area contributed by atoms with Crippen LogP contribution in [0.5, 0.6) is 11.5 Å². The second-order valence-electron chi connectivity index (χ2n) is 6.07. The fourth-order valence-electron chi connectivity index (χ4n) is 2.83. The van der Waals surface area contributed by atoms with E-state index in [2.05, 4.69) is 11.9 Å². The monoisotopic (exact) mass is 388 g/mol. The minimum Gasteiger partial charge on any atom is -0.486 e. The molecule has 4 rings (SSSR count). The third kappa shape index (κ3) is 3.52. The number of halogens is 1. The fourth-order valence-corrected chi connectivity index (χ4v) is 3.98. The molecule has 26 heavy (non-hydrogen) atoms. The van der Waals surface area contributed by atoms with E-state index in [1.54, 1.807) is 47.0 Å². The lowest BCUT2D eigenvalue weighted by Gasteiger charge is -2.20. The van der Waals surface area contributed by atoms with Crippen LogP contribution in [0.15, 0.2) is 47.5 Å². The molecule has 2 heterocycles. The molecule has 1 amide bonds. The Morgan fingerprint density at radius 2 is 1.88 bits per heavy atom. The summed E-state index contributed by atoms with van der Waals surface area (Å²) in [5.74, 6) is 1.19. The average Bonchev–Trinajstić information content (AvgIpc) is 3.02. The van der Waals surface area contributed by atoms with E-state index in [9.17, 15) is 4.79 Å². The van der Waals surface area contributed by atoms with Crippen LogP contribution in [0, 0.1) is 0 Å². The molecular weight excluding hydrogens is 372 g/mol. The molecule has 0 aromatic heterocycles. The number of fused-ring (bicyclic) bond motifs is 1. The zero-order valence-corrected chi connectivity index (χ0v) is 15.7. The van der Waals surface area contributed by atoms with Crippen molar-refractivity contribution < 1.29 is 14.3 Å². The summed E-state index contributed by atoms with van der Waals surface area (Å²) in [5.41, 5.74) is 1.33. The van der Waals surface area contributed by atoms with Crippen molar-refractivity contribution >= 4 is 40.1 Å². The van der Waals surface area contributed by atoms with E-state index in [4.69, 9.17) is 21.1 Å². The molecular formula is C19H17ClN2O3S. The summed E-state index contributed by atoms with van der Waals surface area (Å²) < 4.78 is 11.1. The SMILES string of the molecule is C[C@H]1CN(C(=O)c2ccc3c(c2)OCCO3)C(=Nc2ccc(Cl)cc2)S1. The van der Waals surface area contributed by atoms with Crippen LogP contribution < -0.4 is 9.47 Å². The second kappa shape index (κ2) is 7.21. The van der Waals surface area contributed by atoms with E-state index in [1.807, 2.05) is 12.1 Å². The van der Waals surface area contributed by atoms with E-state index >= 15 is 0 Å². The molecule has 2 aromatic rings. The van der Waals surface area contributed by atoms with Crippen molar-refractivity contribution in [2.75, 3.05) is 19.8 Å². The van der Waals surface area contributed by atoms with Crippen molar-refractivity contribution in [1.82, 2.24) is 4.90 Å². The van der Waals surface area contributed by atoms with Gasteiger partial charge in [0.05, 0.1) is 5.69 Å². The Kier molecular flexibility index (Phi) is 4.78. The van der Waals surface area contributed by atoms with Gasteiger partial charge >= 0.3 is 0 Å². The first-order valence-electron chi connectivity index (χ1n) is 8.32. The van der Waals surface area contributed by atoms with Gasteiger partial charge in [0.15, 0.2) is 16.7 Å². The fraction of sp³-hybridized carbons (Fsp3) is 0.263. The van der Waals surface area contributed by atoms with Crippen LogP contribution in [0.1, 0.15) is 17.3 Å². The van der Waals surface area contributed by atoms with Gasteiger partial charge in [0.2, 0.25) is 0 Å². The summed E-state index contributed by atoms with van der Waals surface area (Å²) >= 11 is 7.52. The first-order chi connectivity index (χ1) is 12.6. The largest absolute Gasteiger partial charge is 0.486 e. The van der Waals surface area contributed by atoms with Gasteiger partial charge in [-0.15, -0.1) is 0 Å². The van der Waals surface area contributed by atoms with Crippen LogP contribution in [-0.2, 0) is 0 Å². The minimum absolute atomic E-state index is 0.0912. The molecule has 5 nitrogen and oxygen atoms in total. The summed E-state index contributed by atoms with van der Waals surface area (Å²) in [4.78, 5) is 19.4. The molecule has 0 unspecified atom stereocenters. The average molecular weight is 389 g/mol. The molecule has 0 bridgehead atoms. The van der Waals surface area contributed by atoms with Crippen molar-refractivity contribution in [1.29, 1.82) is 0 Å². The molecule has 2 aromatic carbocycles. The van der Waals surface area contributed by atoms with Crippen LogP contribution >= 0.6 is 23.4 Å². The highest BCUT2D eigenvalue weighted by molar-refractivity contribution is 8.14. The van der Waals surface area contributed by atoms with Crippen LogP contribution in [0.3, 0.4) is 0 Å². The van der Waals surface area contributed by atoms with E-state index in [-0.39, 0.29) is 11.2 Å². The number of aliphatic imine (C=N–C) groups is 1. The van der Waals surface area contributed by atoms with Crippen molar-refractivity contribution in [3.63, 3.8) is 0 Å². The Bertz CT molecular complexity index is 870. The number of hydrogen-bond acceptors (Lipinski definition) is 5. The zero-order chi connectivity index (χ0) is 18.1. The molecule has 1 atom stereocenters. The van der Waals surface area contributed by atoms with Gasteiger partial charge in [-0.2, -0.15) is 0 Å². The number of carbonyl (C=O) groups excluding carboxylic acids is 1. The second-order valence-corrected chi connectivity index (χ2v) is 7.92. The van der Waals surface area contributed by atoms with Gasteiger partial charge in [-0.25, -0.2) is 4.99 Å². The lowest BCUT2D eigenvalue weighted by atomic mass is 10.1. The predicted octanol–water partition coefficient (Wildman–Crippen LogP) is 4.38. The number of ether oxygens (including phenoxy) is 2. The molecule has 1 fully saturated rings. The van der Waals surface area contributed by atoms with Gasteiger partial charge < -0.3 is 9.47 Å². The Morgan fingerprint density at radius 1 is 1.15 bits per heavy atom. The third-order valence-electron chi connectivity index (χ3n) is 4.06. The van der Waals surface area contributed by atoms with E-state index < -0.39 is 0 Å². The molecule has 0 radical (unpaired) electrons. The molecule has 7 heteroatoms. The molecule has 2 aliphatic heterocycles. The quantitative estimate of drug-likeness (QED) is 0.766. The predicted molar refractivity (Wildman–Crippen MR) is 104 cm³/mol. The summed E-state index contributed by atoms with van der Waals surface area (Å²) in [6, 6.07) is 12.5. The number of hydrogen-bond donors (Lipinski definition) is 0.